The second-order valence-corrected chi connectivity index (χ2v) is 16.1. The molecule has 0 spiro atoms. The number of piperidine rings is 3. The molecular formula is C49H51N4O7+. The number of carbonyl (C=O) groups excluding carboxylic acids is 2. The number of ether oxygens (including phenoxy) is 2. The first-order chi connectivity index (χ1) is 29.2. The third kappa shape index (κ3) is 9.61. The van der Waals surface area contributed by atoms with Crippen LogP contribution in [-0.4, -0.2) is 76.9 Å². The largest absolute Gasteiger partial charge is 0.506 e. The molecule has 11 heteroatoms. The Bertz CT molecular complexity index is 2470. The zero-order valence-corrected chi connectivity index (χ0v) is 33.5. The molecule has 4 heterocycles. The SMILES string of the molecule is O=C(NC(c1ccccc1)c1cccc(OCc2ccc(CCNCC(O)c3ccc(O)c4[nH]c(=O)ccc34)cc2)c1)O[C@H]1C[N+]2(CC(=O)c3ccccc3)CCC1CC2. The van der Waals surface area contributed by atoms with Crippen molar-refractivity contribution in [3.05, 3.63) is 177 Å². The number of hydrogen-bond acceptors (Lipinski definition) is 8. The summed E-state index contributed by atoms with van der Waals surface area (Å²) in [4.78, 5) is 41.3. The Morgan fingerprint density at radius 2 is 1.53 bits per heavy atom. The van der Waals surface area contributed by atoms with Crippen molar-refractivity contribution in [2.45, 2.75) is 44.1 Å². The Morgan fingerprint density at radius 3 is 2.30 bits per heavy atom. The molecule has 9 rings (SSSR count). The third-order valence-corrected chi connectivity index (χ3v) is 12.1. The minimum atomic E-state index is -0.821. The molecule has 11 nitrogen and oxygen atoms in total. The lowest BCUT2D eigenvalue weighted by molar-refractivity contribution is -0.938. The van der Waals surface area contributed by atoms with Crippen LogP contribution in [-0.2, 0) is 17.8 Å². The molecule has 3 saturated heterocycles. The maximum Gasteiger partial charge on any atom is 0.408 e. The topological polar surface area (TPSA) is 150 Å². The number of aliphatic hydroxyl groups excluding tert-OH is 1. The molecule has 5 aromatic carbocycles. The highest BCUT2D eigenvalue weighted by Gasteiger charge is 2.48. The molecule has 60 heavy (non-hydrogen) atoms. The van der Waals surface area contributed by atoms with E-state index in [1.165, 1.54) is 12.1 Å². The Balaban J connectivity index is 0.844. The average molecular weight is 808 g/mol. The Labute approximate surface area is 349 Å². The van der Waals surface area contributed by atoms with Gasteiger partial charge >= 0.3 is 6.09 Å². The summed E-state index contributed by atoms with van der Waals surface area (Å²) >= 11 is 0. The summed E-state index contributed by atoms with van der Waals surface area (Å²) in [6.45, 7) is 4.22. The quantitative estimate of drug-likeness (QED) is 0.0400. The molecule has 0 saturated carbocycles. The molecular weight excluding hydrogens is 757 g/mol. The lowest BCUT2D eigenvalue weighted by atomic mass is 9.83. The summed E-state index contributed by atoms with van der Waals surface area (Å²) in [5.74, 6) is 1.05. The van der Waals surface area contributed by atoms with E-state index in [1.54, 1.807) is 12.1 Å². The van der Waals surface area contributed by atoms with Gasteiger partial charge in [0.2, 0.25) is 11.3 Å². The number of ketones is 1. The average Bonchev–Trinajstić information content (AvgIpc) is 3.28. The van der Waals surface area contributed by atoms with Crippen molar-refractivity contribution in [3.8, 4) is 11.5 Å². The number of benzene rings is 5. The van der Waals surface area contributed by atoms with Crippen molar-refractivity contribution in [2.24, 2.45) is 5.92 Å². The first kappa shape index (κ1) is 40.5. The number of aliphatic hydroxyl groups is 1. The monoisotopic (exact) mass is 807 g/mol. The highest BCUT2D eigenvalue weighted by molar-refractivity contribution is 5.97. The number of pyridine rings is 1. The van der Waals surface area contributed by atoms with Gasteiger partial charge in [0.15, 0.2) is 6.10 Å². The van der Waals surface area contributed by atoms with Crippen molar-refractivity contribution >= 4 is 22.8 Å². The summed E-state index contributed by atoms with van der Waals surface area (Å²) in [6.07, 6.45) is 1.06. The zero-order chi connectivity index (χ0) is 41.5. The van der Waals surface area contributed by atoms with E-state index in [4.69, 9.17) is 9.47 Å². The van der Waals surface area contributed by atoms with E-state index in [2.05, 4.69) is 27.8 Å². The van der Waals surface area contributed by atoms with Crippen LogP contribution < -0.4 is 20.9 Å². The molecule has 2 bridgehead atoms. The minimum absolute atomic E-state index is 0.0387. The summed E-state index contributed by atoms with van der Waals surface area (Å²) in [5.41, 5.74) is 5.27. The number of carbonyl (C=O) groups is 2. The zero-order valence-electron chi connectivity index (χ0n) is 33.5. The molecule has 3 atom stereocenters. The first-order valence-corrected chi connectivity index (χ1v) is 20.7. The van der Waals surface area contributed by atoms with Crippen LogP contribution in [0.1, 0.15) is 63.2 Å². The third-order valence-electron chi connectivity index (χ3n) is 12.1. The maximum absolute atomic E-state index is 13.7. The lowest BCUT2D eigenvalue weighted by Crippen LogP contribution is -2.66. The van der Waals surface area contributed by atoms with Gasteiger partial charge in [0.25, 0.3) is 0 Å². The molecule has 0 aliphatic carbocycles. The Morgan fingerprint density at radius 1 is 0.817 bits per heavy atom. The smallest absolute Gasteiger partial charge is 0.408 e. The second kappa shape index (κ2) is 18.3. The number of aromatic hydroxyl groups is 1. The first-order valence-electron chi connectivity index (χ1n) is 20.7. The van der Waals surface area contributed by atoms with Gasteiger partial charge in [-0.3, -0.25) is 9.59 Å². The van der Waals surface area contributed by atoms with Gasteiger partial charge in [-0.05, 0) is 65.0 Å². The number of amides is 1. The molecule has 308 valence electrons. The summed E-state index contributed by atoms with van der Waals surface area (Å²) in [5, 5.41) is 28.1. The number of hydrogen-bond donors (Lipinski definition) is 5. The molecule has 2 unspecified atom stereocenters. The van der Waals surface area contributed by atoms with E-state index in [-0.39, 0.29) is 29.1 Å². The maximum atomic E-state index is 13.7. The molecule has 1 aromatic heterocycles. The van der Waals surface area contributed by atoms with Crippen LogP contribution in [0.5, 0.6) is 11.5 Å². The number of aromatic amines is 1. The molecule has 0 radical (unpaired) electrons. The van der Waals surface area contributed by atoms with E-state index < -0.39 is 18.2 Å². The fraction of sp³-hybridized carbons (Fsp3) is 0.286. The minimum Gasteiger partial charge on any atom is -0.506 e. The molecule has 5 N–H and O–H groups in total. The van der Waals surface area contributed by atoms with E-state index >= 15 is 0 Å². The van der Waals surface area contributed by atoms with Crippen molar-refractivity contribution in [2.75, 3.05) is 39.3 Å². The molecule has 3 aliphatic heterocycles. The van der Waals surface area contributed by atoms with E-state index in [0.717, 1.165) is 60.2 Å². The predicted octanol–water partition coefficient (Wildman–Crippen LogP) is 6.99. The summed E-state index contributed by atoms with van der Waals surface area (Å²) in [6, 6.07) is 40.9. The van der Waals surface area contributed by atoms with Crippen LogP contribution in [0.3, 0.4) is 0 Å². The van der Waals surface area contributed by atoms with Crippen LogP contribution in [0, 0.1) is 5.92 Å². The van der Waals surface area contributed by atoms with E-state index in [1.807, 2.05) is 97.1 Å². The fourth-order valence-corrected chi connectivity index (χ4v) is 8.77. The molecule has 3 fully saturated rings. The standard InChI is InChI=1S/C49H50N4O7/c54-42-20-18-40(41-19-21-46(57)51-48(41)42)43(55)29-50-25-22-33-14-16-34(17-15-33)32-59-39-13-7-12-38(28-39)47(37-10-5-2-6-11-37)52-49(58)60-45-31-53(26-23-36(45)24-27-53)30-44(56)35-8-3-1-4-9-35/h1-21,28,36,43,45,47,50,55H,22-27,29-32H2,(H2-,51,52,54,57,58)/p+1/t36?,43?,45-,47?,53?/m0/s1. The fourth-order valence-electron chi connectivity index (χ4n) is 8.77. The number of rotatable bonds is 16. The summed E-state index contributed by atoms with van der Waals surface area (Å²) < 4.78 is 13.1. The van der Waals surface area contributed by atoms with Crippen molar-refractivity contribution in [3.63, 3.8) is 0 Å². The van der Waals surface area contributed by atoms with Gasteiger partial charge in [-0.1, -0.05) is 103 Å². The van der Waals surface area contributed by atoms with Gasteiger partial charge in [0.05, 0.1) is 30.8 Å². The highest BCUT2D eigenvalue weighted by atomic mass is 16.6. The number of H-pyrrole nitrogens is 1. The van der Waals surface area contributed by atoms with Crippen molar-refractivity contribution in [1.29, 1.82) is 0 Å². The number of phenolic OH excluding ortho intramolecular Hbond substituents is 1. The van der Waals surface area contributed by atoms with Crippen LogP contribution in [0.4, 0.5) is 4.79 Å². The van der Waals surface area contributed by atoms with Crippen LogP contribution in [0.2, 0.25) is 0 Å². The predicted molar refractivity (Wildman–Crippen MR) is 230 cm³/mol. The van der Waals surface area contributed by atoms with Crippen molar-refractivity contribution in [1.82, 2.24) is 15.6 Å². The molecule has 3 aliphatic rings. The highest BCUT2D eigenvalue weighted by Crippen LogP contribution is 2.36. The number of aromatic nitrogens is 1. The number of Topliss-reactive ketones (excluding diaryl/α,β-unsaturated/α-hetero) is 1. The van der Waals surface area contributed by atoms with E-state index in [0.29, 0.717) is 59.5 Å². The number of alkyl carbamates (subject to hydrolysis) is 1. The molecule has 1 amide bonds. The van der Waals surface area contributed by atoms with Gasteiger partial charge in [-0.2, -0.15) is 0 Å². The number of quaternary nitrogens is 1. The summed E-state index contributed by atoms with van der Waals surface area (Å²) in [7, 11) is 0. The Kier molecular flexibility index (Phi) is 12.4. The van der Waals surface area contributed by atoms with E-state index in [9.17, 15) is 24.6 Å². The molecule has 6 aromatic rings. The number of nitrogens with one attached hydrogen (secondary N) is 3. The van der Waals surface area contributed by atoms with Gasteiger partial charge in [-0.15, -0.1) is 0 Å². The van der Waals surface area contributed by atoms with Gasteiger partial charge in [0, 0.05) is 42.3 Å². The van der Waals surface area contributed by atoms with Crippen LogP contribution in [0.25, 0.3) is 10.9 Å². The van der Waals surface area contributed by atoms with Gasteiger partial charge < -0.3 is 39.8 Å². The number of nitrogens with zero attached hydrogens (tertiary/aromatic N) is 1. The number of phenols is 1. The Hall–Kier alpha value is -6.27. The number of fused-ring (bicyclic) bond motifs is 4. The van der Waals surface area contributed by atoms with Gasteiger partial charge in [0.1, 0.15) is 31.2 Å². The van der Waals surface area contributed by atoms with Crippen LogP contribution in [0.15, 0.2) is 138 Å². The second-order valence-electron chi connectivity index (χ2n) is 16.1. The van der Waals surface area contributed by atoms with Crippen molar-refractivity contribution < 1.29 is 33.8 Å². The van der Waals surface area contributed by atoms with Gasteiger partial charge in [-0.25, -0.2) is 4.79 Å². The lowest BCUT2D eigenvalue weighted by Gasteiger charge is -2.51. The van der Waals surface area contributed by atoms with Crippen LogP contribution >= 0.6 is 0 Å². The normalized spacial score (nSPS) is 19.4.